The van der Waals surface area contributed by atoms with Gasteiger partial charge < -0.3 is 5.32 Å². The second-order valence-electron chi connectivity index (χ2n) is 5.34. The van der Waals surface area contributed by atoms with Crippen LogP contribution >= 0.6 is 0 Å². The van der Waals surface area contributed by atoms with E-state index in [1.165, 1.54) is 24.2 Å². The van der Waals surface area contributed by atoms with Crippen molar-refractivity contribution in [1.29, 1.82) is 0 Å². The lowest BCUT2D eigenvalue weighted by Gasteiger charge is -2.30. The van der Waals surface area contributed by atoms with Crippen LogP contribution in [-0.4, -0.2) is 35.8 Å². The number of nitrogens with one attached hydrogen (secondary N) is 1. The molecule has 1 saturated carbocycles. The van der Waals surface area contributed by atoms with Gasteiger partial charge in [0.1, 0.15) is 0 Å². The van der Waals surface area contributed by atoms with Crippen LogP contribution in [0.5, 0.6) is 0 Å². The number of hydrogen-bond acceptors (Lipinski definition) is 3. The standard InChI is InChI=1S/C13H22N2O2/c1-3-9-4-6-10(7-5-9)14-11-8-12(16)15(2)13(11)17/h9-11,14H,3-8H2,1-2H3. The van der Waals surface area contributed by atoms with Crippen molar-refractivity contribution in [3.05, 3.63) is 0 Å². The molecule has 1 N–H and O–H groups in total. The predicted octanol–water partition coefficient (Wildman–Crippen LogP) is 1.30. The summed E-state index contributed by atoms with van der Waals surface area (Å²) in [6.45, 7) is 2.24. The predicted molar refractivity (Wildman–Crippen MR) is 65.4 cm³/mol. The molecule has 0 aromatic carbocycles. The summed E-state index contributed by atoms with van der Waals surface area (Å²) >= 11 is 0. The van der Waals surface area contributed by atoms with Gasteiger partial charge in [-0.25, -0.2) is 0 Å². The number of rotatable bonds is 3. The van der Waals surface area contributed by atoms with Crippen molar-refractivity contribution in [2.45, 2.75) is 57.5 Å². The van der Waals surface area contributed by atoms with Gasteiger partial charge >= 0.3 is 0 Å². The highest BCUT2D eigenvalue weighted by atomic mass is 16.2. The van der Waals surface area contributed by atoms with Gasteiger partial charge in [-0.2, -0.15) is 0 Å². The Labute approximate surface area is 103 Å². The van der Waals surface area contributed by atoms with Crippen LogP contribution in [0.15, 0.2) is 0 Å². The normalized spacial score (nSPS) is 34.5. The fourth-order valence-corrected chi connectivity index (χ4v) is 2.91. The fraction of sp³-hybridized carbons (Fsp3) is 0.846. The summed E-state index contributed by atoms with van der Waals surface area (Å²) in [4.78, 5) is 24.4. The lowest BCUT2D eigenvalue weighted by molar-refractivity contribution is -0.137. The largest absolute Gasteiger partial charge is 0.303 e. The van der Waals surface area contributed by atoms with Crippen LogP contribution in [-0.2, 0) is 9.59 Å². The minimum atomic E-state index is -0.268. The van der Waals surface area contributed by atoms with Crippen molar-refractivity contribution < 1.29 is 9.59 Å². The summed E-state index contributed by atoms with van der Waals surface area (Å²) in [6.07, 6.45) is 6.37. The minimum absolute atomic E-state index is 0.0604. The third kappa shape index (κ3) is 2.68. The number of carbonyl (C=O) groups excluding carboxylic acids is 2. The first-order valence-electron chi connectivity index (χ1n) is 6.68. The number of likely N-dealkylation sites (N-methyl/N-ethyl adjacent to an activating group) is 1. The molecule has 0 bridgehead atoms. The van der Waals surface area contributed by atoms with E-state index < -0.39 is 0 Å². The molecular formula is C13H22N2O2. The molecule has 1 aliphatic carbocycles. The Bertz CT molecular complexity index is 309. The van der Waals surface area contributed by atoms with Gasteiger partial charge in [0.15, 0.2) is 0 Å². The van der Waals surface area contributed by atoms with Crippen molar-refractivity contribution in [3.63, 3.8) is 0 Å². The minimum Gasteiger partial charge on any atom is -0.303 e. The summed E-state index contributed by atoms with van der Waals surface area (Å²) < 4.78 is 0. The topological polar surface area (TPSA) is 49.4 Å². The molecule has 0 spiro atoms. The molecule has 1 heterocycles. The first-order chi connectivity index (χ1) is 8.11. The molecule has 0 aromatic heterocycles. The average Bonchev–Trinajstić information content (AvgIpc) is 2.58. The van der Waals surface area contributed by atoms with Gasteiger partial charge in [-0.3, -0.25) is 14.5 Å². The first kappa shape index (κ1) is 12.6. The number of carbonyl (C=O) groups is 2. The molecule has 4 nitrogen and oxygen atoms in total. The molecule has 1 atom stereocenters. The van der Waals surface area contributed by atoms with Gasteiger partial charge in [-0.1, -0.05) is 13.3 Å². The van der Waals surface area contributed by atoms with E-state index in [4.69, 9.17) is 0 Å². The number of imide groups is 1. The monoisotopic (exact) mass is 238 g/mol. The summed E-state index contributed by atoms with van der Waals surface area (Å²) in [7, 11) is 1.57. The molecule has 2 rings (SSSR count). The molecule has 17 heavy (non-hydrogen) atoms. The van der Waals surface area contributed by atoms with E-state index in [0.717, 1.165) is 18.8 Å². The summed E-state index contributed by atoms with van der Waals surface area (Å²) in [6, 6.07) is 0.154. The second-order valence-corrected chi connectivity index (χ2v) is 5.34. The highest BCUT2D eigenvalue weighted by Gasteiger charge is 2.37. The van der Waals surface area contributed by atoms with Crippen LogP contribution in [0.4, 0.5) is 0 Å². The Balaban J connectivity index is 1.83. The highest BCUT2D eigenvalue weighted by Crippen LogP contribution is 2.27. The zero-order valence-electron chi connectivity index (χ0n) is 10.7. The first-order valence-corrected chi connectivity index (χ1v) is 6.68. The Morgan fingerprint density at radius 3 is 2.35 bits per heavy atom. The molecule has 2 fully saturated rings. The Morgan fingerprint density at radius 2 is 1.88 bits per heavy atom. The molecule has 1 aliphatic heterocycles. The van der Waals surface area contributed by atoms with Crippen molar-refractivity contribution >= 4 is 11.8 Å². The van der Waals surface area contributed by atoms with E-state index in [2.05, 4.69) is 12.2 Å². The number of amides is 2. The lowest BCUT2D eigenvalue weighted by Crippen LogP contribution is -2.44. The van der Waals surface area contributed by atoms with E-state index in [1.54, 1.807) is 7.05 Å². The molecule has 1 saturated heterocycles. The van der Waals surface area contributed by atoms with Crippen LogP contribution < -0.4 is 5.32 Å². The van der Waals surface area contributed by atoms with E-state index >= 15 is 0 Å². The van der Waals surface area contributed by atoms with Crippen molar-refractivity contribution in [2.75, 3.05) is 7.05 Å². The van der Waals surface area contributed by atoms with Crippen LogP contribution in [0.3, 0.4) is 0 Å². The van der Waals surface area contributed by atoms with Gasteiger partial charge in [-0.15, -0.1) is 0 Å². The maximum absolute atomic E-state index is 11.8. The van der Waals surface area contributed by atoms with Gasteiger partial charge in [0.05, 0.1) is 12.5 Å². The van der Waals surface area contributed by atoms with Gasteiger partial charge in [0.2, 0.25) is 11.8 Å². The van der Waals surface area contributed by atoms with E-state index in [-0.39, 0.29) is 17.9 Å². The van der Waals surface area contributed by atoms with E-state index in [0.29, 0.717) is 12.5 Å². The molecule has 96 valence electrons. The highest BCUT2D eigenvalue weighted by molar-refractivity contribution is 6.05. The smallest absolute Gasteiger partial charge is 0.246 e. The Morgan fingerprint density at radius 1 is 1.24 bits per heavy atom. The fourth-order valence-electron chi connectivity index (χ4n) is 2.91. The zero-order valence-corrected chi connectivity index (χ0v) is 10.7. The van der Waals surface area contributed by atoms with Gasteiger partial charge in [0, 0.05) is 13.1 Å². The van der Waals surface area contributed by atoms with Gasteiger partial charge in [0.25, 0.3) is 0 Å². The third-order valence-corrected chi connectivity index (χ3v) is 4.24. The van der Waals surface area contributed by atoms with Crippen LogP contribution in [0, 0.1) is 5.92 Å². The molecule has 0 aromatic rings. The van der Waals surface area contributed by atoms with Crippen LogP contribution in [0.2, 0.25) is 0 Å². The summed E-state index contributed by atoms with van der Waals surface area (Å²) in [5.74, 6) is 0.735. The molecular weight excluding hydrogens is 216 g/mol. The zero-order chi connectivity index (χ0) is 12.4. The SMILES string of the molecule is CCC1CCC(NC2CC(=O)N(C)C2=O)CC1. The molecule has 1 unspecified atom stereocenters. The molecule has 4 heteroatoms. The summed E-state index contributed by atoms with van der Waals surface area (Å²) in [5, 5.41) is 3.36. The quantitative estimate of drug-likeness (QED) is 0.754. The van der Waals surface area contributed by atoms with E-state index in [9.17, 15) is 9.59 Å². The van der Waals surface area contributed by atoms with Crippen LogP contribution in [0.25, 0.3) is 0 Å². The number of hydrogen-bond donors (Lipinski definition) is 1. The summed E-state index contributed by atoms with van der Waals surface area (Å²) in [5.41, 5.74) is 0. The third-order valence-electron chi connectivity index (χ3n) is 4.24. The number of likely N-dealkylation sites (tertiary alicyclic amines) is 1. The van der Waals surface area contributed by atoms with Crippen molar-refractivity contribution in [3.8, 4) is 0 Å². The molecule has 2 aliphatic rings. The maximum atomic E-state index is 11.8. The maximum Gasteiger partial charge on any atom is 0.246 e. The Hall–Kier alpha value is -0.900. The van der Waals surface area contributed by atoms with Crippen molar-refractivity contribution in [1.82, 2.24) is 10.2 Å². The van der Waals surface area contributed by atoms with Crippen molar-refractivity contribution in [2.24, 2.45) is 5.92 Å². The van der Waals surface area contributed by atoms with Crippen LogP contribution in [0.1, 0.15) is 45.4 Å². The van der Waals surface area contributed by atoms with E-state index in [1.807, 2.05) is 0 Å². The average molecular weight is 238 g/mol. The second kappa shape index (κ2) is 5.17. The molecule has 0 radical (unpaired) electrons. The van der Waals surface area contributed by atoms with Gasteiger partial charge in [-0.05, 0) is 31.6 Å². The molecule has 2 amide bonds. The lowest BCUT2D eigenvalue weighted by atomic mass is 9.84. The number of nitrogens with zero attached hydrogens (tertiary/aromatic N) is 1. The Kier molecular flexibility index (Phi) is 3.82.